The first-order valence-electron chi connectivity index (χ1n) is 6.39. The third kappa shape index (κ3) is 2.96. The summed E-state index contributed by atoms with van der Waals surface area (Å²) in [7, 11) is 0. The van der Waals surface area contributed by atoms with Gasteiger partial charge in [0.25, 0.3) is 0 Å². The van der Waals surface area contributed by atoms with E-state index in [1.807, 2.05) is 6.07 Å². The Hall–Kier alpha value is -1.79. The highest BCUT2D eigenvalue weighted by atomic mass is 79.9. The molecular formula is C15H13BrFNO3. The second kappa shape index (κ2) is 5.91. The molecule has 0 spiro atoms. The lowest BCUT2D eigenvalue weighted by atomic mass is 10.1. The minimum atomic E-state index is -0.377. The highest BCUT2D eigenvalue weighted by Crippen LogP contribution is 2.41. The second-order valence-corrected chi connectivity index (χ2v) is 5.48. The Labute approximate surface area is 129 Å². The van der Waals surface area contributed by atoms with E-state index in [1.54, 1.807) is 18.2 Å². The average Bonchev–Trinajstić information content (AvgIpc) is 2.93. The molecule has 6 heteroatoms. The topological polar surface area (TPSA) is 50.7 Å². The molecule has 1 aliphatic heterocycles. The molecule has 0 saturated carbocycles. The van der Waals surface area contributed by atoms with Crippen molar-refractivity contribution in [1.29, 1.82) is 0 Å². The van der Waals surface area contributed by atoms with Gasteiger partial charge < -0.3 is 19.9 Å². The fraction of sp³-hybridized carbons (Fsp3) is 0.200. The molecule has 2 aromatic rings. The average molecular weight is 354 g/mol. The monoisotopic (exact) mass is 353 g/mol. The van der Waals surface area contributed by atoms with Crippen LogP contribution < -0.4 is 14.8 Å². The summed E-state index contributed by atoms with van der Waals surface area (Å²) < 4.78 is 24.7. The van der Waals surface area contributed by atoms with Gasteiger partial charge in [0.2, 0.25) is 6.79 Å². The molecule has 110 valence electrons. The highest BCUT2D eigenvalue weighted by Gasteiger charge is 2.21. The number of aliphatic hydroxyl groups excluding tert-OH is 1. The van der Waals surface area contributed by atoms with E-state index in [0.717, 1.165) is 10.0 Å². The van der Waals surface area contributed by atoms with E-state index < -0.39 is 0 Å². The number of ether oxygens (including phenoxy) is 2. The molecule has 1 atom stereocenters. The zero-order valence-corrected chi connectivity index (χ0v) is 12.6. The molecule has 1 heterocycles. The van der Waals surface area contributed by atoms with E-state index in [0.29, 0.717) is 17.2 Å². The van der Waals surface area contributed by atoms with Crippen molar-refractivity contribution in [3.05, 3.63) is 52.3 Å². The molecule has 21 heavy (non-hydrogen) atoms. The molecule has 1 unspecified atom stereocenters. The summed E-state index contributed by atoms with van der Waals surface area (Å²) in [5.74, 6) is 0.948. The van der Waals surface area contributed by atoms with Crippen molar-refractivity contribution in [3.63, 3.8) is 0 Å². The number of fused-ring (bicyclic) bond motifs is 1. The van der Waals surface area contributed by atoms with Gasteiger partial charge in [-0.05, 0) is 51.8 Å². The minimum absolute atomic E-state index is 0.136. The molecule has 0 saturated heterocycles. The van der Waals surface area contributed by atoms with Crippen LogP contribution in [0.1, 0.15) is 11.6 Å². The Balaban J connectivity index is 1.88. The first-order valence-corrected chi connectivity index (χ1v) is 7.18. The summed E-state index contributed by atoms with van der Waals surface area (Å²) in [5, 5.41) is 12.7. The quantitative estimate of drug-likeness (QED) is 0.883. The molecule has 0 fully saturated rings. The number of halogens is 2. The lowest BCUT2D eigenvalue weighted by molar-refractivity contribution is 0.173. The molecular weight excluding hydrogens is 341 g/mol. The molecule has 0 amide bonds. The van der Waals surface area contributed by atoms with Gasteiger partial charge in [0.1, 0.15) is 5.82 Å². The predicted octanol–water partition coefficient (Wildman–Crippen LogP) is 3.46. The maximum Gasteiger partial charge on any atom is 0.231 e. The minimum Gasteiger partial charge on any atom is -0.454 e. The van der Waals surface area contributed by atoms with Crippen LogP contribution in [0.25, 0.3) is 0 Å². The Morgan fingerprint density at radius 1 is 1.29 bits per heavy atom. The highest BCUT2D eigenvalue weighted by molar-refractivity contribution is 9.10. The van der Waals surface area contributed by atoms with E-state index in [9.17, 15) is 9.50 Å². The predicted molar refractivity (Wildman–Crippen MR) is 80.1 cm³/mol. The standard InChI is InChI=1S/C15H13BrFNO3/c16-12-4-9(5-14-15(12)21-8-20-14)13(7-19)18-11-3-1-2-10(17)6-11/h1-6,13,18-19H,7-8H2. The lowest BCUT2D eigenvalue weighted by Crippen LogP contribution is -2.15. The molecule has 0 bridgehead atoms. The summed E-state index contributed by atoms with van der Waals surface area (Å²) in [6.45, 7) is 0.0428. The van der Waals surface area contributed by atoms with Gasteiger partial charge in [-0.25, -0.2) is 4.39 Å². The van der Waals surface area contributed by atoms with Gasteiger partial charge in [-0.3, -0.25) is 0 Å². The largest absolute Gasteiger partial charge is 0.454 e. The normalized spacial score (nSPS) is 14.0. The summed E-state index contributed by atoms with van der Waals surface area (Å²) in [6.07, 6.45) is 0. The van der Waals surface area contributed by atoms with Crippen molar-refractivity contribution in [1.82, 2.24) is 0 Å². The van der Waals surface area contributed by atoms with Gasteiger partial charge in [-0.1, -0.05) is 6.07 Å². The van der Waals surface area contributed by atoms with Crippen LogP contribution in [0.4, 0.5) is 10.1 Å². The third-order valence-electron chi connectivity index (χ3n) is 3.20. The van der Waals surface area contributed by atoms with E-state index in [4.69, 9.17) is 9.47 Å². The fourth-order valence-corrected chi connectivity index (χ4v) is 2.78. The van der Waals surface area contributed by atoms with Crippen LogP contribution in [0.3, 0.4) is 0 Å². The summed E-state index contributed by atoms with van der Waals surface area (Å²) >= 11 is 3.42. The molecule has 2 N–H and O–H groups in total. The van der Waals surface area contributed by atoms with E-state index in [-0.39, 0.29) is 25.3 Å². The van der Waals surface area contributed by atoms with Crippen LogP contribution in [0, 0.1) is 5.82 Å². The van der Waals surface area contributed by atoms with E-state index >= 15 is 0 Å². The molecule has 1 aliphatic rings. The number of rotatable bonds is 4. The van der Waals surface area contributed by atoms with Crippen molar-refractivity contribution in [3.8, 4) is 11.5 Å². The first kappa shape index (κ1) is 14.2. The fourth-order valence-electron chi connectivity index (χ4n) is 2.20. The van der Waals surface area contributed by atoms with Crippen LogP contribution >= 0.6 is 15.9 Å². The number of hydrogen-bond donors (Lipinski definition) is 2. The molecule has 0 aliphatic carbocycles. The third-order valence-corrected chi connectivity index (χ3v) is 3.79. The van der Waals surface area contributed by atoms with Crippen molar-refractivity contribution in [2.75, 3.05) is 18.7 Å². The molecule has 2 aromatic carbocycles. The van der Waals surface area contributed by atoms with Crippen LogP contribution in [0.5, 0.6) is 11.5 Å². The van der Waals surface area contributed by atoms with Crippen molar-refractivity contribution < 1.29 is 19.0 Å². The number of benzene rings is 2. The van der Waals surface area contributed by atoms with Crippen LogP contribution in [0.15, 0.2) is 40.9 Å². The van der Waals surface area contributed by atoms with Gasteiger partial charge in [0.15, 0.2) is 11.5 Å². The molecule has 0 aromatic heterocycles. The maximum atomic E-state index is 13.2. The van der Waals surface area contributed by atoms with Crippen LogP contribution in [-0.4, -0.2) is 18.5 Å². The summed E-state index contributed by atoms with van der Waals surface area (Å²) in [6, 6.07) is 9.38. The Morgan fingerprint density at radius 2 is 2.14 bits per heavy atom. The van der Waals surface area contributed by atoms with Gasteiger partial charge >= 0.3 is 0 Å². The number of nitrogens with one attached hydrogen (secondary N) is 1. The molecule has 4 nitrogen and oxygen atoms in total. The number of hydrogen-bond acceptors (Lipinski definition) is 4. The molecule has 3 rings (SSSR count). The SMILES string of the molecule is OCC(Nc1cccc(F)c1)c1cc(Br)c2c(c1)OCO2. The van der Waals surface area contributed by atoms with Gasteiger partial charge in [0, 0.05) is 5.69 Å². The Kier molecular flexibility index (Phi) is 3.98. The Morgan fingerprint density at radius 3 is 2.90 bits per heavy atom. The van der Waals surface area contributed by atoms with Gasteiger partial charge in [0.05, 0.1) is 17.1 Å². The van der Waals surface area contributed by atoms with Crippen molar-refractivity contribution in [2.24, 2.45) is 0 Å². The Bertz CT molecular complexity index is 665. The van der Waals surface area contributed by atoms with Crippen LogP contribution in [-0.2, 0) is 0 Å². The second-order valence-electron chi connectivity index (χ2n) is 4.63. The lowest BCUT2D eigenvalue weighted by Gasteiger charge is -2.19. The van der Waals surface area contributed by atoms with E-state index in [2.05, 4.69) is 21.2 Å². The zero-order valence-electron chi connectivity index (χ0n) is 11.0. The first-order chi connectivity index (χ1) is 10.2. The smallest absolute Gasteiger partial charge is 0.231 e. The van der Waals surface area contributed by atoms with Gasteiger partial charge in [-0.15, -0.1) is 0 Å². The van der Waals surface area contributed by atoms with Crippen LogP contribution in [0.2, 0.25) is 0 Å². The zero-order chi connectivity index (χ0) is 14.8. The van der Waals surface area contributed by atoms with Crippen molar-refractivity contribution >= 4 is 21.6 Å². The maximum absolute atomic E-state index is 13.2. The summed E-state index contributed by atoms with van der Waals surface area (Å²) in [5.41, 5.74) is 1.42. The van der Waals surface area contributed by atoms with E-state index in [1.165, 1.54) is 12.1 Å². The number of aliphatic hydroxyl groups is 1. The van der Waals surface area contributed by atoms with Crippen molar-refractivity contribution in [2.45, 2.75) is 6.04 Å². The number of anilines is 1. The summed E-state index contributed by atoms with van der Waals surface area (Å²) in [4.78, 5) is 0. The van der Waals surface area contributed by atoms with Gasteiger partial charge in [-0.2, -0.15) is 0 Å². The molecule has 0 radical (unpaired) electrons.